The summed E-state index contributed by atoms with van der Waals surface area (Å²) in [5.74, 6) is 0. The lowest BCUT2D eigenvalue weighted by atomic mass is 10.0. The number of hydrogen-bond acceptors (Lipinski definition) is 6. The van der Waals surface area contributed by atoms with E-state index in [9.17, 15) is 14.0 Å². The van der Waals surface area contributed by atoms with Crippen LogP contribution in [0.15, 0.2) is 48.0 Å². The lowest BCUT2D eigenvalue weighted by Gasteiger charge is -2.13. The molecule has 0 aliphatic carbocycles. The average Bonchev–Trinajstić information content (AvgIpc) is 2.78. The van der Waals surface area contributed by atoms with Crippen molar-refractivity contribution in [2.45, 2.75) is 0 Å². The Morgan fingerprint density at radius 3 is 2.43 bits per heavy atom. The Morgan fingerprint density at radius 2 is 1.86 bits per heavy atom. The second-order valence-electron chi connectivity index (χ2n) is 4.31. The Kier molecular flexibility index (Phi) is 5.50. The van der Waals surface area contributed by atoms with Crippen LogP contribution in [0, 0.1) is 10.2 Å². The van der Waals surface area contributed by atoms with E-state index in [0.29, 0.717) is 4.86 Å². The molecular weight excluding hydrogens is 334 g/mol. The fourth-order valence-electron chi connectivity index (χ4n) is 1.60. The van der Waals surface area contributed by atoms with Crippen molar-refractivity contribution in [3.63, 3.8) is 0 Å². The van der Waals surface area contributed by atoms with Gasteiger partial charge >= 0.3 is 0 Å². The molecule has 114 valence electrons. The van der Waals surface area contributed by atoms with E-state index in [1.54, 1.807) is 12.3 Å². The van der Waals surface area contributed by atoms with Gasteiger partial charge < -0.3 is 4.90 Å². The van der Waals surface area contributed by atoms with Crippen LogP contribution in [0.3, 0.4) is 0 Å². The predicted molar refractivity (Wildman–Crippen MR) is 78.5 cm³/mol. The zero-order valence-electron chi connectivity index (χ0n) is 11.4. The highest BCUT2D eigenvalue weighted by Gasteiger charge is 2.30. The van der Waals surface area contributed by atoms with E-state index in [1.165, 1.54) is 10.8 Å². The van der Waals surface area contributed by atoms with Gasteiger partial charge in [-0.05, 0) is 34.0 Å². The van der Waals surface area contributed by atoms with E-state index in [-0.39, 0.29) is 0 Å². The largest absolute Gasteiger partial charge is 0.383 e. The zero-order valence-corrected chi connectivity index (χ0v) is 13.8. The van der Waals surface area contributed by atoms with Crippen LogP contribution in [0.25, 0.3) is 5.57 Å². The molecule has 0 saturated heterocycles. The summed E-state index contributed by atoms with van der Waals surface area (Å²) in [6.07, 6.45) is 3.55. The normalized spacial score (nSPS) is 19.2. The van der Waals surface area contributed by atoms with Crippen LogP contribution in [-0.2, 0) is 3.74 Å². The summed E-state index contributed by atoms with van der Waals surface area (Å²) in [6, 6.07) is 9.54. The van der Waals surface area contributed by atoms with Crippen LogP contribution in [0.4, 0.5) is 0 Å². The minimum atomic E-state index is -4.46. The van der Waals surface area contributed by atoms with Crippen LogP contribution >= 0.6 is 20.6 Å². The quantitative estimate of drug-likeness (QED) is 0.425. The number of halogens is 1. The third-order valence-electron chi connectivity index (χ3n) is 2.44. The molecule has 1 heterocycles. The Balaban J connectivity index is 2.37. The molecule has 0 saturated carbocycles. The van der Waals surface area contributed by atoms with Gasteiger partial charge in [0.15, 0.2) is 9.80 Å². The Morgan fingerprint density at radius 1 is 1.19 bits per heavy atom. The van der Waals surface area contributed by atoms with Crippen molar-refractivity contribution < 1.29 is 28.0 Å². The highest BCUT2D eigenvalue weighted by atomic mass is 35.7. The van der Waals surface area contributed by atoms with Crippen LogP contribution in [-0.4, -0.2) is 23.9 Å². The van der Waals surface area contributed by atoms with Gasteiger partial charge in [-0.3, -0.25) is 0 Å². The Bertz CT molecular complexity index is 594. The van der Waals surface area contributed by atoms with Gasteiger partial charge in [0.1, 0.15) is 3.74 Å². The minimum absolute atomic E-state index is 0.673. The first-order valence-electron chi connectivity index (χ1n) is 5.86. The van der Waals surface area contributed by atoms with Crippen LogP contribution < -0.4 is 14.0 Å². The minimum Gasteiger partial charge on any atom is -0.383 e. The van der Waals surface area contributed by atoms with Gasteiger partial charge in [-0.25, -0.2) is 0 Å². The van der Waals surface area contributed by atoms with Gasteiger partial charge in [-0.1, -0.05) is 30.3 Å². The molecule has 0 radical (unpaired) electrons. The molecule has 0 N–H and O–H groups in total. The molecule has 8 heteroatoms. The number of rotatable bonds is 5. The summed E-state index contributed by atoms with van der Waals surface area (Å²) in [4.78, 5) is 2.50. The highest BCUT2D eigenvalue weighted by molar-refractivity contribution is 8.83. The maximum absolute atomic E-state index is 10.8. The van der Waals surface area contributed by atoms with Gasteiger partial charge in [0.25, 0.3) is 0 Å². The number of allylic oxidation sites excluding steroid dienone is 2. The Hall–Kier alpha value is -0.800. The maximum atomic E-state index is 10.8. The van der Waals surface area contributed by atoms with Crippen molar-refractivity contribution in [2.24, 2.45) is 0 Å². The molecule has 5 nitrogen and oxygen atoms in total. The van der Waals surface area contributed by atoms with Crippen molar-refractivity contribution in [2.75, 3.05) is 14.1 Å². The van der Waals surface area contributed by atoms with E-state index in [1.807, 2.05) is 54.7 Å². The molecule has 1 aromatic rings. The first-order chi connectivity index (χ1) is 9.87. The lowest BCUT2D eigenvalue weighted by Crippen LogP contribution is -2.60. The van der Waals surface area contributed by atoms with Crippen LogP contribution in [0.1, 0.15) is 5.56 Å². The molecular formula is C13H14ClNO4S2. The summed E-state index contributed by atoms with van der Waals surface area (Å²) in [5, 5.41) is 1.81. The van der Waals surface area contributed by atoms with Gasteiger partial charge in [0.05, 0.1) is 15.1 Å². The predicted octanol–water partition coefficient (Wildman–Crippen LogP) is 0.0348. The standard InChI is InChI=1S/C13H14ClNO4S2/c1-15(2)9-8-13-12(11-6-4-3-5-7-11)10-20-21(13)19-14(16,17)18/h3-10H,1-2H3/b9-8-. The number of hydrogen-bond donors (Lipinski definition) is 0. The van der Waals surface area contributed by atoms with E-state index in [0.717, 1.165) is 11.1 Å². The second-order valence-corrected chi connectivity index (χ2v) is 8.40. The zero-order chi connectivity index (χ0) is 15.5. The Labute approximate surface area is 131 Å². The molecule has 0 fully saturated rings. The van der Waals surface area contributed by atoms with Crippen molar-refractivity contribution in [1.29, 1.82) is 0 Å². The SMILES string of the molecule is CN(C)/C=C\C1=S(O[Cl+3]([O-])([O-])[O-])SC=C1c1ccccc1. The van der Waals surface area contributed by atoms with Crippen LogP contribution in [0.5, 0.6) is 0 Å². The molecule has 0 aromatic heterocycles. The van der Waals surface area contributed by atoms with E-state index in [4.69, 9.17) is 0 Å². The molecule has 0 spiro atoms. The van der Waals surface area contributed by atoms with E-state index in [2.05, 4.69) is 3.74 Å². The van der Waals surface area contributed by atoms with E-state index < -0.39 is 20.0 Å². The fraction of sp³-hybridized carbons (Fsp3) is 0.154. The second kappa shape index (κ2) is 6.97. The van der Waals surface area contributed by atoms with Crippen LogP contribution in [0.2, 0.25) is 0 Å². The molecule has 1 aliphatic heterocycles. The third-order valence-corrected chi connectivity index (χ3v) is 6.55. The van der Waals surface area contributed by atoms with Gasteiger partial charge in [0.2, 0.25) is 0 Å². The monoisotopic (exact) mass is 347 g/mol. The molecule has 1 unspecified atom stereocenters. The molecule has 0 amide bonds. The fourth-order valence-corrected chi connectivity index (χ4v) is 5.84. The topological polar surface area (TPSA) is 81.7 Å². The average molecular weight is 348 g/mol. The molecule has 0 bridgehead atoms. The molecule has 21 heavy (non-hydrogen) atoms. The molecule has 1 aromatic carbocycles. The summed E-state index contributed by atoms with van der Waals surface area (Å²) in [5.41, 5.74) is 1.81. The lowest BCUT2D eigenvalue weighted by molar-refractivity contribution is -1.91. The van der Waals surface area contributed by atoms with E-state index >= 15 is 0 Å². The first kappa shape index (κ1) is 16.6. The van der Waals surface area contributed by atoms with Gasteiger partial charge in [-0.2, -0.15) is 14.0 Å². The molecule has 1 atom stereocenters. The van der Waals surface area contributed by atoms with Gasteiger partial charge in [0, 0.05) is 19.7 Å². The van der Waals surface area contributed by atoms with Gasteiger partial charge in [-0.15, -0.1) is 0 Å². The van der Waals surface area contributed by atoms with Crippen molar-refractivity contribution in [1.82, 2.24) is 4.90 Å². The maximum Gasteiger partial charge on any atom is 0.179 e. The number of nitrogens with zero attached hydrogens (tertiary/aromatic N) is 1. The third kappa shape index (κ3) is 4.86. The molecule has 1 aliphatic rings. The van der Waals surface area contributed by atoms with Crippen molar-refractivity contribution >= 4 is 31.0 Å². The highest BCUT2D eigenvalue weighted by Crippen LogP contribution is 2.47. The summed E-state index contributed by atoms with van der Waals surface area (Å²) in [7, 11) is -0.739. The summed E-state index contributed by atoms with van der Waals surface area (Å²) < 4.78 is 37.1. The smallest absolute Gasteiger partial charge is 0.179 e. The molecule has 2 rings (SSSR count). The summed E-state index contributed by atoms with van der Waals surface area (Å²) in [6.45, 7) is 0. The first-order valence-corrected chi connectivity index (χ1v) is 9.65. The van der Waals surface area contributed by atoms with Crippen molar-refractivity contribution in [3.05, 3.63) is 53.6 Å². The summed E-state index contributed by atoms with van der Waals surface area (Å²) >= 11 is 0. The number of benzene rings is 1. The van der Waals surface area contributed by atoms with Crippen molar-refractivity contribution in [3.8, 4) is 0 Å².